The van der Waals surface area contributed by atoms with Crippen LogP contribution in [-0.2, 0) is 9.53 Å². The third kappa shape index (κ3) is 35.5. The van der Waals surface area contributed by atoms with Crippen molar-refractivity contribution in [3.63, 3.8) is 0 Å². The van der Waals surface area contributed by atoms with Crippen LogP contribution in [0.3, 0.4) is 0 Å². The highest BCUT2D eigenvalue weighted by molar-refractivity contribution is 5.69. The molecule has 0 unspecified atom stereocenters. The molecule has 0 rings (SSSR count). The number of rotatable bonds is 34. The molecule has 0 heterocycles. The fourth-order valence-electron chi connectivity index (χ4n) is 5.85. The fourth-order valence-corrected chi connectivity index (χ4v) is 5.85. The molecule has 0 aliphatic carbocycles. The topological polar surface area (TPSA) is 26.3 Å². The Hall–Kier alpha value is -0.530. The molecule has 0 aromatic heterocycles. The lowest BCUT2D eigenvalue weighted by Gasteiger charge is -2.06. The first-order valence-corrected chi connectivity index (χ1v) is 18.8. The van der Waals surface area contributed by atoms with Crippen molar-refractivity contribution in [2.45, 2.75) is 226 Å². The first-order valence-electron chi connectivity index (χ1n) is 18.8. The van der Waals surface area contributed by atoms with E-state index in [2.05, 4.69) is 20.8 Å². The first-order chi connectivity index (χ1) is 19.7. The van der Waals surface area contributed by atoms with Crippen LogP contribution in [0.5, 0.6) is 0 Å². The molecule has 0 amide bonds. The van der Waals surface area contributed by atoms with E-state index in [1.54, 1.807) is 0 Å². The van der Waals surface area contributed by atoms with Crippen LogP contribution >= 0.6 is 0 Å². The second-order valence-electron chi connectivity index (χ2n) is 13.4. The molecule has 0 aliphatic heterocycles. The summed E-state index contributed by atoms with van der Waals surface area (Å²) in [5.74, 6) is 0.906. The van der Waals surface area contributed by atoms with Gasteiger partial charge in [0.15, 0.2) is 0 Å². The molecule has 40 heavy (non-hydrogen) atoms. The van der Waals surface area contributed by atoms with Gasteiger partial charge in [-0.25, -0.2) is 0 Å². The Balaban J connectivity index is 3.15. The van der Waals surface area contributed by atoms with Gasteiger partial charge in [-0.3, -0.25) is 4.79 Å². The zero-order chi connectivity index (χ0) is 29.2. The molecule has 0 fully saturated rings. The standard InChI is InChI=1S/C38H76O2/c1-4-5-6-7-8-9-10-11-13-17-20-23-26-29-32-35-38(39)40-36-33-30-27-24-21-18-15-12-14-16-19-22-25-28-31-34-37(2)3/h37H,4-36H2,1-3H3. The molecule has 0 saturated carbocycles. The maximum absolute atomic E-state index is 11.9. The summed E-state index contributed by atoms with van der Waals surface area (Å²) in [6, 6.07) is 0. The monoisotopic (exact) mass is 565 g/mol. The molecule has 0 spiro atoms. The third-order valence-electron chi connectivity index (χ3n) is 8.67. The van der Waals surface area contributed by atoms with Crippen LogP contribution in [0.1, 0.15) is 226 Å². The molecule has 0 aliphatic rings. The Morgan fingerprint density at radius 1 is 0.425 bits per heavy atom. The van der Waals surface area contributed by atoms with Gasteiger partial charge in [-0.05, 0) is 18.8 Å². The molecule has 0 bridgehead atoms. The molecule has 0 radical (unpaired) electrons. The second-order valence-corrected chi connectivity index (χ2v) is 13.4. The van der Waals surface area contributed by atoms with Crippen molar-refractivity contribution in [3.05, 3.63) is 0 Å². The summed E-state index contributed by atoms with van der Waals surface area (Å²) in [5.41, 5.74) is 0. The van der Waals surface area contributed by atoms with Crippen molar-refractivity contribution in [2.75, 3.05) is 6.61 Å². The largest absolute Gasteiger partial charge is 0.466 e. The predicted molar refractivity (Wildman–Crippen MR) is 179 cm³/mol. The maximum Gasteiger partial charge on any atom is 0.305 e. The van der Waals surface area contributed by atoms with E-state index in [4.69, 9.17) is 4.74 Å². The third-order valence-corrected chi connectivity index (χ3v) is 8.67. The van der Waals surface area contributed by atoms with Crippen LogP contribution in [0, 0.1) is 5.92 Å². The molecule has 0 N–H and O–H groups in total. The van der Waals surface area contributed by atoms with Crippen molar-refractivity contribution in [1.82, 2.24) is 0 Å². The van der Waals surface area contributed by atoms with E-state index in [9.17, 15) is 4.79 Å². The molecular formula is C38H76O2. The zero-order valence-electron chi connectivity index (χ0n) is 28.2. The Morgan fingerprint density at radius 2 is 0.725 bits per heavy atom. The van der Waals surface area contributed by atoms with Gasteiger partial charge in [0.25, 0.3) is 0 Å². The summed E-state index contributed by atoms with van der Waals surface area (Å²) in [7, 11) is 0. The molecule has 240 valence electrons. The van der Waals surface area contributed by atoms with E-state index in [1.807, 2.05) is 0 Å². The lowest BCUT2D eigenvalue weighted by atomic mass is 10.0. The van der Waals surface area contributed by atoms with Gasteiger partial charge >= 0.3 is 5.97 Å². The molecule has 0 aromatic carbocycles. The van der Waals surface area contributed by atoms with Gasteiger partial charge in [-0.15, -0.1) is 0 Å². The van der Waals surface area contributed by atoms with E-state index >= 15 is 0 Å². The van der Waals surface area contributed by atoms with Crippen LogP contribution in [-0.4, -0.2) is 12.6 Å². The highest BCUT2D eigenvalue weighted by Gasteiger charge is 2.03. The average molecular weight is 565 g/mol. The maximum atomic E-state index is 11.9. The Morgan fingerprint density at radius 3 is 1.07 bits per heavy atom. The quantitative estimate of drug-likeness (QED) is 0.0574. The number of unbranched alkanes of at least 4 members (excludes halogenated alkanes) is 28. The van der Waals surface area contributed by atoms with E-state index < -0.39 is 0 Å². The Labute approximate surface area is 254 Å². The minimum absolute atomic E-state index is 0.0285. The molecular weight excluding hydrogens is 488 g/mol. The lowest BCUT2D eigenvalue weighted by Crippen LogP contribution is -2.05. The van der Waals surface area contributed by atoms with Gasteiger partial charge in [-0.1, -0.05) is 207 Å². The van der Waals surface area contributed by atoms with Gasteiger partial charge in [0, 0.05) is 6.42 Å². The van der Waals surface area contributed by atoms with Gasteiger partial charge in [0.05, 0.1) is 6.61 Å². The first kappa shape index (κ1) is 39.5. The minimum atomic E-state index is 0.0285. The molecule has 0 aromatic rings. The highest BCUT2D eigenvalue weighted by Crippen LogP contribution is 2.16. The normalized spacial score (nSPS) is 11.5. The number of hydrogen-bond donors (Lipinski definition) is 0. The summed E-state index contributed by atoms with van der Waals surface area (Å²) in [4.78, 5) is 11.9. The van der Waals surface area contributed by atoms with Crippen molar-refractivity contribution in [2.24, 2.45) is 5.92 Å². The van der Waals surface area contributed by atoms with Crippen molar-refractivity contribution >= 4 is 5.97 Å². The Kier molecular flexibility index (Phi) is 34.2. The predicted octanol–water partition coefficient (Wildman–Crippen LogP) is 13.7. The fraction of sp³-hybridized carbons (Fsp3) is 0.974. The van der Waals surface area contributed by atoms with Crippen molar-refractivity contribution in [3.8, 4) is 0 Å². The SMILES string of the molecule is CCCCCCCCCCCCCCCCCC(=O)OCCCCCCCCCCCCCCCCCC(C)C. The Bertz CT molecular complexity index is 472. The van der Waals surface area contributed by atoms with Crippen LogP contribution in [0.25, 0.3) is 0 Å². The molecule has 2 heteroatoms. The van der Waals surface area contributed by atoms with E-state index in [0.717, 1.165) is 18.8 Å². The van der Waals surface area contributed by atoms with E-state index in [-0.39, 0.29) is 5.97 Å². The van der Waals surface area contributed by atoms with Gasteiger partial charge in [0.1, 0.15) is 0 Å². The average Bonchev–Trinajstić information content (AvgIpc) is 2.94. The van der Waals surface area contributed by atoms with Crippen LogP contribution in [0.4, 0.5) is 0 Å². The molecule has 2 nitrogen and oxygen atoms in total. The van der Waals surface area contributed by atoms with Gasteiger partial charge < -0.3 is 4.74 Å². The van der Waals surface area contributed by atoms with Gasteiger partial charge in [-0.2, -0.15) is 0 Å². The summed E-state index contributed by atoms with van der Waals surface area (Å²) in [6.45, 7) is 7.59. The number of carbonyl (C=O) groups is 1. The highest BCUT2D eigenvalue weighted by atomic mass is 16.5. The summed E-state index contributed by atoms with van der Waals surface area (Å²) < 4.78 is 5.45. The zero-order valence-corrected chi connectivity index (χ0v) is 28.2. The number of ether oxygens (including phenoxy) is 1. The summed E-state index contributed by atoms with van der Waals surface area (Å²) in [5, 5.41) is 0. The van der Waals surface area contributed by atoms with Crippen LogP contribution in [0.15, 0.2) is 0 Å². The summed E-state index contributed by atoms with van der Waals surface area (Å²) in [6.07, 6.45) is 43.1. The number of carbonyl (C=O) groups excluding carboxylic acids is 1. The van der Waals surface area contributed by atoms with Gasteiger partial charge in [0.2, 0.25) is 0 Å². The lowest BCUT2D eigenvalue weighted by molar-refractivity contribution is -0.143. The van der Waals surface area contributed by atoms with Crippen molar-refractivity contribution in [1.29, 1.82) is 0 Å². The van der Waals surface area contributed by atoms with Crippen LogP contribution in [0.2, 0.25) is 0 Å². The second kappa shape index (κ2) is 34.7. The molecule has 0 atom stereocenters. The van der Waals surface area contributed by atoms with Crippen molar-refractivity contribution < 1.29 is 9.53 Å². The van der Waals surface area contributed by atoms with E-state index in [1.165, 1.54) is 186 Å². The van der Waals surface area contributed by atoms with Crippen LogP contribution < -0.4 is 0 Å². The minimum Gasteiger partial charge on any atom is -0.466 e. The smallest absolute Gasteiger partial charge is 0.305 e. The van der Waals surface area contributed by atoms with E-state index in [0.29, 0.717) is 13.0 Å². The number of esters is 1. The molecule has 0 saturated heterocycles. The number of hydrogen-bond acceptors (Lipinski definition) is 2. The summed E-state index contributed by atoms with van der Waals surface area (Å²) >= 11 is 0.